The molecule has 0 fully saturated rings. The number of benzene rings is 8. The van der Waals surface area contributed by atoms with E-state index in [1.165, 1.54) is 0 Å². The van der Waals surface area contributed by atoms with E-state index < -0.39 is 45.8 Å². The summed E-state index contributed by atoms with van der Waals surface area (Å²) in [6, 6.07) is 53.1. The Kier molecular flexibility index (Phi) is 27.4. The summed E-state index contributed by atoms with van der Waals surface area (Å²) < 4.78 is 48.9. The summed E-state index contributed by atoms with van der Waals surface area (Å²) in [5.41, 5.74) is 8.64. The van der Waals surface area contributed by atoms with Crippen LogP contribution in [0.1, 0.15) is 185 Å². The van der Waals surface area contributed by atoms with Crippen LogP contribution in [-0.2, 0) is 63.3 Å². The standard InChI is InChI=1S/C86H104N4O12/c1-83(2,3)71-47-59-45-67(81(71)93)57-99-39-37-95-33-34-96-38-40-100-58-68-46-60(48-72(82(68)94)84(4,5)6)54-88-76(62-27-19-14-20-28-62)78(64-31-23-16-24-32-64)90-56-66-50-70(52-74(80(66)92)86(10,11)12)102-44-42-98-36-35-97-41-43-101-69-49-65(79(91)73(51-69)85(7,8)9)55-89-77(63-29-21-15-22-30-63)75(87-53-59)61-25-17-13-18-26-61/h13-32,45-56,75-78,91-94H,33-44,57-58H2,1-12H3/t75-,76-,77-,78-/m0/s1. The van der Waals surface area contributed by atoms with Crippen molar-refractivity contribution in [1.82, 2.24) is 0 Å². The molecule has 4 atom stereocenters. The summed E-state index contributed by atoms with van der Waals surface area (Å²) in [6.07, 6.45) is 7.13. The lowest BCUT2D eigenvalue weighted by molar-refractivity contribution is -0.00650. The highest BCUT2D eigenvalue weighted by molar-refractivity contribution is 5.87. The van der Waals surface area contributed by atoms with Gasteiger partial charge in [-0.2, -0.15) is 0 Å². The summed E-state index contributed by atoms with van der Waals surface area (Å²) in [5, 5.41) is 47.5. The molecule has 0 amide bonds. The van der Waals surface area contributed by atoms with Gasteiger partial charge in [0.2, 0.25) is 0 Å². The molecule has 8 bridgehead atoms. The van der Waals surface area contributed by atoms with Gasteiger partial charge >= 0.3 is 0 Å². The minimum Gasteiger partial charge on any atom is -0.507 e. The van der Waals surface area contributed by atoms with Crippen molar-refractivity contribution in [3.8, 4) is 34.5 Å². The van der Waals surface area contributed by atoms with E-state index in [0.29, 0.717) is 84.5 Å². The van der Waals surface area contributed by atoms with E-state index in [1.54, 1.807) is 24.6 Å². The van der Waals surface area contributed by atoms with Crippen molar-refractivity contribution in [1.29, 1.82) is 0 Å². The zero-order valence-corrected chi connectivity index (χ0v) is 61.5. The van der Waals surface area contributed by atoms with Crippen LogP contribution in [0.3, 0.4) is 0 Å². The number of ether oxygens (including phenoxy) is 8. The molecule has 8 aromatic rings. The molecule has 1 aliphatic rings. The van der Waals surface area contributed by atoms with Gasteiger partial charge in [-0.1, -0.05) is 204 Å². The Labute approximate surface area is 603 Å². The highest BCUT2D eigenvalue weighted by atomic mass is 16.6. The van der Waals surface area contributed by atoms with Crippen LogP contribution in [0, 0.1) is 0 Å². The second kappa shape index (κ2) is 36.2. The van der Waals surface area contributed by atoms with E-state index in [9.17, 15) is 20.4 Å². The first-order chi connectivity index (χ1) is 48.8. The van der Waals surface area contributed by atoms with E-state index in [0.717, 1.165) is 44.5 Å². The molecule has 0 unspecified atom stereocenters. The monoisotopic (exact) mass is 1380 g/mol. The SMILES string of the molecule is CC(C)(C)c1cc2cc(c1O)C=N[C@@H](c1ccccc1)[C@H](c1ccccc1)N=Cc1cc(c(O)c(C(C)(C)C)c1)COCCOCCOCCOCc1cc(cc(C(C)(C)C)c1O)C=N[C@@H](c1ccccc1)[C@H](c1ccccc1)N=Cc1cc(cc(C(C)(C)C)c1O)OCCOCCOCCO2. The first kappa shape index (κ1) is 77.2. The van der Waals surface area contributed by atoms with E-state index >= 15 is 0 Å². The summed E-state index contributed by atoms with van der Waals surface area (Å²) >= 11 is 0. The van der Waals surface area contributed by atoms with Gasteiger partial charge in [0.15, 0.2) is 0 Å². The Morgan fingerprint density at radius 3 is 0.824 bits per heavy atom. The number of phenolic OH excluding ortho intramolecular Hbond substituents is 4. The van der Waals surface area contributed by atoms with Crippen LogP contribution < -0.4 is 9.47 Å². The average molecular weight is 1390 g/mol. The van der Waals surface area contributed by atoms with Gasteiger partial charge in [0.05, 0.1) is 79.3 Å². The smallest absolute Gasteiger partial charge is 0.128 e. The van der Waals surface area contributed by atoms with Crippen molar-refractivity contribution < 1.29 is 58.3 Å². The minimum atomic E-state index is -0.546. The number of aromatic hydroxyl groups is 4. The lowest BCUT2D eigenvalue weighted by Gasteiger charge is -2.24. The van der Waals surface area contributed by atoms with Crippen LogP contribution in [0.25, 0.3) is 0 Å². The van der Waals surface area contributed by atoms with Gasteiger partial charge in [-0.3, -0.25) is 20.0 Å². The number of aliphatic imine (C=N–C) groups is 4. The molecular formula is C86H104N4O12. The molecule has 0 saturated heterocycles. The molecule has 540 valence electrons. The molecule has 16 nitrogen and oxygen atoms in total. The maximum atomic E-state index is 12.0. The van der Waals surface area contributed by atoms with E-state index in [4.69, 9.17) is 57.9 Å². The van der Waals surface area contributed by atoms with Crippen LogP contribution >= 0.6 is 0 Å². The summed E-state index contributed by atoms with van der Waals surface area (Å²) in [4.78, 5) is 21.3. The number of hydrogen-bond donors (Lipinski definition) is 4. The van der Waals surface area contributed by atoms with E-state index in [2.05, 4.69) is 41.5 Å². The maximum absolute atomic E-state index is 12.0. The molecule has 0 aromatic heterocycles. The molecule has 8 aromatic carbocycles. The fourth-order valence-corrected chi connectivity index (χ4v) is 12.1. The molecule has 16 heteroatoms. The minimum absolute atomic E-state index is 0.106. The summed E-state index contributed by atoms with van der Waals surface area (Å²) in [6.45, 7) is 28.4. The highest BCUT2D eigenvalue weighted by Crippen LogP contribution is 2.43. The van der Waals surface area contributed by atoms with Crippen molar-refractivity contribution in [2.75, 3.05) is 79.3 Å². The fraction of sp³-hybridized carbons (Fsp3) is 0.395. The van der Waals surface area contributed by atoms with Gasteiger partial charge in [-0.25, -0.2) is 0 Å². The van der Waals surface area contributed by atoms with Gasteiger partial charge in [0.1, 0.15) is 71.9 Å². The molecule has 0 radical (unpaired) electrons. The fourth-order valence-electron chi connectivity index (χ4n) is 12.1. The highest BCUT2D eigenvalue weighted by Gasteiger charge is 2.30. The third-order valence-electron chi connectivity index (χ3n) is 17.6. The summed E-state index contributed by atoms with van der Waals surface area (Å²) in [5.74, 6) is 1.66. The molecule has 0 saturated carbocycles. The van der Waals surface area contributed by atoms with Crippen LogP contribution in [0.5, 0.6) is 34.5 Å². The number of hydrogen-bond acceptors (Lipinski definition) is 16. The Balaban J connectivity index is 0.988. The van der Waals surface area contributed by atoms with Crippen molar-refractivity contribution in [3.63, 3.8) is 0 Å². The average Bonchev–Trinajstić information content (AvgIpc) is 0.812. The van der Waals surface area contributed by atoms with Crippen LogP contribution in [0.15, 0.2) is 190 Å². The lowest BCUT2D eigenvalue weighted by atomic mass is 9.84. The zero-order chi connectivity index (χ0) is 72.9. The second-order valence-electron chi connectivity index (χ2n) is 29.8. The van der Waals surface area contributed by atoms with E-state index in [1.807, 2.05) is 212 Å². The topological polar surface area (TPSA) is 204 Å². The zero-order valence-electron chi connectivity index (χ0n) is 61.5. The second-order valence-corrected chi connectivity index (χ2v) is 29.8. The van der Waals surface area contributed by atoms with Gasteiger partial charge in [-0.15, -0.1) is 0 Å². The third kappa shape index (κ3) is 22.0. The Bertz CT molecular complexity index is 3810. The lowest BCUT2D eigenvalue weighted by Crippen LogP contribution is -2.15. The largest absolute Gasteiger partial charge is 0.507 e. The molecule has 4 N–H and O–H groups in total. The van der Waals surface area contributed by atoms with Gasteiger partial charge in [0, 0.05) is 69.4 Å². The Hall–Kier alpha value is -9.00. The first-order valence-electron chi connectivity index (χ1n) is 35.4. The maximum Gasteiger partial charge on any atom is 0.128 e. The molecule has 0 aliphatic carbocycles. The predicted molar refractivity (Wildman–Crippen MR) is 408 cm³/mol. The number of rotatable bonds is 4. The normalized spacial score (nSPS) is 18.5. The summed E-state index contributed by atoms with van der Waals surface area (Å²) in [7, 11) is 0. The number of fused-ring (bicyclic) bond motifs is 8. The van der Waals surface area contributed by atoms with Crippen molar-refractivity contribution in [3.05, 3.63) is 248 Å². The van der Waals surface area contributed by atoms with Crippen molar-refractivity contribution in [2.24, 2.45) is 20.0 Å². The first-order valence-corrected chi connectivity index (χ1v) is 35.4. The van der Waals surface area contributed by atoms with Gasteiger partial charge < -0.3 is 58.3 Å². The van der Waals surface area contributed by atoms with Crippen molar-refractivity contribution in [2.45, 2.75) is 142 Å². The van der Waals surface area contributed by atoms with Crippen LogP contribution in [0.4, 0.5) is 0 Å². The molecule has 102 heavy (non-hydrogen) atoms. The number of phenols is 4. The molecule has 0 spiro atoms. The molecular weight excluding hydrogens is 1280 g/mol. The Morgan fingerprint density at radius 2 is 0.539 bits per heavy atom. The van der Waals surface area contributed by atoms with E-state index in [-0.39, 0.29) is 75.9 Å². The van der Waals surface area contributed by atoms with Crippen LogP contribution in [0.2, 0.25) is 0 Å². The van der Waals surface area contributed by atoms with Gasteiger partial charge in [-0.05, 0) is 104 Å². The third-order valence-corrected chi connectivity index (χ3v) is 17.6. The predicted octanol–water partition coefficient (Wildman–Crippen LogP) is 17.3. The quantitative estimate of drug-likeness (QED) is 0.130. The van der Waals surface area contributed by atoms with Crippen LogP contribution in [-0.4, -0.2) is 125 Å². The molecule has 1 heterocycles. The number of nitrogens with zero attached hydrogens (tertiary/aromatic N) is 4. The molecule has 1 aliphatic heterocycles. The van der Waals surface area contributed by atoms with Gasteiger partial charge in [0.25, 0.3) is 0 Å². The molecule has 9 rings (SSSR count). The Morgan fingerprint density at radius 1 is 0.284 bits per heavy atom. The van der Waals surface area contributed by atoms with Crippen molar-refractivity contribution >= 4 is 24.9 Å².